The monoisotopic (exact) mass is 441 g/mol. The SMILES string of the molecule is CCCCCCCCC#Cc1ccc(CN(Cc2cccc(Cl)c2)OCC(=O)O)cc1. The van der Waals surface area contributed by atoms with Crippen LogP contribution in [0.1, 0.15) is 68.6 Å². The molecule has 0 amide bonds. The van der Waals surface area contributed by atoms with Gasteiger partial charge in [0, 0.05) is 30.1 Å². The smallest absolute Gasteiger partial charge is 0.331 e. The maximum absolute atomic E-state index is 10.9. The Morgan fingerprint density at radius 2 is 1.71 bits per heavy atom. The average molecular weight is 442 g/mol. The minimum Gasteiger partial charge on any atom is -0.479 e. The van der Waals surface area contributed by atoms with Crippen molar-refractivity contribution in [3.63, 3.8) is 0 Å². The van der Waals surface area contributed by atoms with Crippen LogP contribution in [-0.2, 0) is 22.7 Å². The summed E-state index contributed by atoms with van der Waals surface area (Å²) in [6.45, 7) is 2.75. The Kier molecular flexibility index (Phi) is 11.8. The van der Waals surface area contributed by atoms with E-state index in [1.165, 1.54) is 32.1 Å². The number of unbranched alkanes of at least 4 members (excludes halogenated alkanes) is 6. The first-order valence-corrected chi connectivity index (χ1v) is 11.4. The van der Waals surface area contributed by atoms with Crippen LogP contribution >= 0.6 is 11.6 Å². The van der Waals surface area contributed by atoms with Crippen LogP contribution in [0.4, 0.5) is 0 Å². The maximum Gasteiger partial charge on any atom is 0.331 e. The first-order chi connectivity index (χ1) is 15.1. The van der Waals surface area contributed by atoms with E-state index in [1.54, 1.807) is 11.1 Å². The lowest BCUT2D eigenvalue weighted by atomic mass is 10.1. The van der Waals surface area contributed by atoms with E-state index in [0.717, 1.165) is 29.5 Å². The van der Waals surface area contributed by atoms with Gasteiger partial charge in [-0.3, -0.25) is 4.84 Å². The summed E-state index contributed by atoms with van der Waals surface area (Å²) in [5, 5.41) is 11.2. The summed E-state index contributed by atoms with van der Waals surface area (Å²) in [5.74, 6) is 5.48. The first-order valence-electron chi connectivity index (χ1n) is 11.0. The zero-order chi connectivity index (χ0) is 22.3. The molecular formula is C26H32ClNO3. The number of benzene rings is 2. The van der Waals surface area contributed by atoms with Crippen molar-refractivity contribution in [2.24, 2.45) is 0 Å². The van der Waals surface area contributed by atoms with Gasteiger partial charge in [0.2, 0.25) is 0 Å². The van der Waals surface area contributed by atoms with Crippen molar-refractivity contribution in [2.75, 3.05) is 6.61 Å². The summed E-state index contributed by atoms with van der Waals surface area (Å²) in [5.41, 5.74) is 2.96. The largest absolute Gasteiger partial charge is 0.479 e. The summed E-state index contributed by atoms with van der Waals surface area (Å²) in [7, 11) is 0. The van der Waals surface area contributed by atoms with Gasteiger partial charge in [0.15, 0.2) is 6.61 Å². The van der Waals surface area contributed by atoms with E-state index in [2.05, 4.69) is 18.8 Å². The Bertz CT molecular complexity index is 855. The van der Waals surface area contributed by atoms with Gasteiger partial charge in [-0.25, -0.2) is 4.79 Å². The van der Waals surface area contributed by atoms with Crippen LogP contribution < -0.4 is 0 Å². The van der Waals surface area contributed by atoms with Gasteiger partial charge in [0.1, 0.15) is 0 Å². The summed E-state index contributed by atoms with van der Waals surface area (Å²) < 4.78 is 0. The van der Waals surface area contributed by atoms with E-state index in [1.807, 2.05) is 42.5 Å². The van der Waals surface area contributed by atoms with Crippen molar-refractivity contribution >= 4 is 17.6 Å². The molecule has 0 bridgehead atoms. The van der Waals surface area contributed by atoms with Crippen LogP contribution in [0.3, 0.4) is 0 Å². The van der Waals surface area contributed by atoms with Crippen molar-refractivity contribution in [2.45, 2.75) is 65.0 Å². The molecule has 0 heterocycles. The molecule has 0 atom stereocenters. The maximum atomic E-state index is 10.9. The van der Waals surface area contributed by atoms with E-state index in [4.69, 9.17) is 21.5 Å². The fourth-order valence-electron chi connectivity index (χ4n) is 3.19. The molecule has 5 heteroatoms. The summed E-state index contributed by atoms with van der Waals surface area (Å²) in [6, 6.07) is 15.5. The number of hydrogen-bond donors (Lipinski definition) is 1. The lowest BCUT2D eigenvalue weighted by Crippen LogP contribution is -2.26. The second-order valence-corrected chi connectivity index (χ2v) is 8.05. The molecule has 0 spiro atoms. The highest BCUT2D eigenvalue weighted by Gasteiger charge is 2.11. The quantitative estimate of drug-likeness (QED) is 0.220. The van der Waals surface area contributed by atoms with Crippen molar-refractivity contribution in [1.82, 2.24) is 5.06 Å². The number of hydroxylamine groups is 2. The second kappa shape index (κ2) is 14.6. The Morgan fingerprint density at radius 3 is 2.42 bits per heavy atom. The third-order valence-corrected chi connectivity index (χ3v) is 5.05. The highest BCUT2D eigenvalue weighted by atomic mass is 35.5. The lowest BCUT2D eigenvalue weighted by Gasteiger charge is -2.21. The summed E-state index contributed by atoms with van der Waals surface area (Å²) in [6.07, 6.45) is 8.59. The Labute approximate surface area is 191 Å². The fraction of sp³-hybridized carbons (Fsp3) is 0.423. The number of hydrogen-bond acceptors (Lipinski definition) is 3. The molecule has 2 aromatic rings. The van der Waals surface area contributed by atoms with Crippen molar-refractivity contribution < 1.29 is 14.7 Å². The van der Waals surface area contributed by atoms with Gasteiger partial charge in [-0.05, 0) is 41.8 Å². The van der Waals surface area contributed by atoms with E-state index in [-0.39, 0.29) is 6.61 Å². The predicted molar refractivity (Wildman–Crippen MR) is 126 cm³/mol. The molecule has 2 aromatic carbocycles. The van der Waals surface area contributed by atoms with Crippen molar-refractivity contribution in [3.8, 4) is 11.8 Å². The lowest BCUT2D eigenvalue weighted by molar-refractivity contribution is -0.190. The third kappa shape index (κ3) is 11.0. The normalized spacial score (nSPS) is 10.7. The molecule has 0 aromatic heterocycles. The van der Waals surface area contributed by atoms with Gasteiger partial charge in [-0.15, -0.1) is 0 Å². The van der Waals surface area contributed by atoms with Gasteiger partial charge in [0.05, 0.1) is 0 Å². The summed E-state index contributed by atoms with van der Waals surface area (Å²) >= 11 is 6.06. The van der Waals surface area contributed by atoms with Crippen LogP contribution in [0.2, 0.25) is 5.02 Å². The second-order valence-electron chi connectivity index (χ2n) is 7.61. The number of nitrogens with zero attached hydrogens (tertiary/aromatic N) is 1. The Hall–Kier alpha value is -2.32. The fourth-order valence-corrected chi connectivity index (χ4v) is 3.40. The van der Waals surface area contributed by atoms with E-state index in [9.17, 15) is 4.79 Å². The van der Waals surface area contributed by atoms with E-state index < -0.39 is 5.97 Å². The molecule has 1 N–H and O–H groups in total. The van der Waals surface area contributed by atoms with Gasteiger partial charge in [0.25, 0.3) is 0 Å². The Morgan fingerprint density at radius 1 is 1.00 bits per heavy atom. The molecule has 0 fully saturated rings. The number of carboxylic acid groups (broad SMARTS) is 1. The van der Waals surface area contributed by atoms with Crippen LogP contribution in [0.25, 0.3) is 0 Å². The van der Waals surface area contributed by atoms with Crippen LogP contribution in [-0.4, -0.2) is 22.7 Å². The highest BCUT2D eigenvalue weighted by molar-refractivity contribution is 6.30. The van der Waals surface area contributed by atoms with Gasteiger partial charge in [-0.2, -0.15) is 5.06 Å². The van der Waals surface area contributed by atoms with Crippen LogP contribution in [0.5, 0.6) is 0 Å². The molecule has 0 aliphatic heterocycles. The molecule has 166 valence electrons. The number of carbonyl (C=O) groups is 1. The number of aliphatic carboxylic acids is 1. The number of carboxylic acids is 1. The van der Waals surface area contributed by atoms with Gasteiger partial charge < -0.3 is 5.11 Å². The van der Waals surface area contributed by atoms with E-state index in [0.29, 0.717) is 18.1 Å². The molecule has 2 rings (SSSR count). The molecule has 31 heavy (non-hydrogen) atoms. The summed E-state index contributed by atoms with van der Waals surface area (Å²) in [4.78, 5) is 16.4. The molecule has 0 saturated carbocycles. The molecule has 0 aliphatic carbocycles. The third-order valence-electron chi connectivity index (χ3n) is 4.82. The minimum absolute atomic E-state index is 0.386. The van der Waals surface area contributed by atoms with Crippen LogP contribution in [0.15, 0.2) is 48.5 Å². The number of halogens is 1. The predicted octanol–water partition coefficient (Wildman–Crippen LogP) is 6.46. The van der Waals surface area contributed by atoms with E-state index >= 15 is 0 Å². The molecular weight excluding hydrogens is 410 g/mol. The highest BCUT2D eigenvalue weighted by Crippen LogP contribution is 2.15. The molecule has 0 unspecified atom stereocenters. The molecule has 0 saturated heterocycles. The zero-order valence-electron chi connectivity index (χ0n) is 18.3. The zero-order valence-corrected chi connectivity index (χ0v) is 19.0. The standard InChI is InChI=1S/C26H32ClNO3/c1-2-3-4-5-6-7-8-9-11-22-14-16-23(17-15-22)19-28(31-21-26(29)30)20-24-12-10-13-25(27)18-24/h10,12-18H,2-8,19-21H2,1H3,(H,29,30). The van der Waals surface area contributed by atoms with Gasteiger partial charge >= 0.3 is 5.97 Å². The first kappa shape index (κ1) is 24.9. The molecule has 4 nitrogen and oxygen atoms in total. The van der Waals surface area contributed by atoms with Gasteiger partial charge in [-0.1, -0.05) is 86.7 Å². The average Bonchev–Trinajstić information content (AvgIpc) is 2.75. The topological polar surface area (TPSA) is 49.8 Å². The molecule has 0 aliphatic rings. The van der Waals surface area contributed by atoms with Crippen molar-refractivity contribution in [3.05, 3.63) is 70.2 Å². The Balaban J connectivity index is 1.87. The molecule has 0 radical (unpaired) electrons. The number of rotatable bonds is 13. The van der Waals surface area contributed by atoms with Crippen molar-refractivity contribution in [1.29, 1.82) is 0 Å². The minimum atomic E-state index is -1.01. The van der Waals surface area contributed by atoms with Crippen LogP contribution in [0, 0.1) is 11.8 Å².